The van der Waals surface area contributed by atoms with Gasteiger partial charge in [-0.25, -0.2) is 14.6 Å². The monoisotopic (exact) mass is 460 g/mol. The fourth-order valence-corrected chi connectivity index (χ4v) is 3.37. The lowest BCUT2D eigenvalue weighted by atomic mass is 9.95. The van der Waals surface area contributed by atoms with Crippen molar-refractivity contribution in [2.45, 2.75) is 45.3 Å². The maximum atomic E-state index is 12.6. The van der Waals surface area contributed by atoms with Crippen LogP contribution in [0, 0.1) is 0 Å². The van der Waals surface area contributed by atoms with Gasteiger partial charge in [0.25, 0.3) is 0 Å². The van der Waals surface area contributed by atoms with Crippen LogP contribution in [0.25, 0.3) is 17.1 Å². The van der Waals surface area contributed by atoms with Crippen molar-refractivity contribution in [3.8, 4) is 22.8 Å². The minimum absolute atomic E-state index is 0.128. The van der Waals surface area contributed by atoms with Crippen molar-refractivity contribution in [2.24, 2.45) is 7.05 Å². The minimum Gasteiger partial charge on any atom is -0.484 e. The van der Waals surface area contributed by atoms with Crippen molar-refractivity contribution >= 4 is 0 Å². The van der Waals surface area contributed by atoms with Crippen molar-refractivity contribution in [1.29, 1.82) is 0 Å². The maximum Gasteiger partial charge on any atom is 0.203 e. The summed E-state index contributed by atoms with van der Waals surface area (Å²) in [7, 11) is 1.83. The summed E-state index contributed by atoms with van der Waals surface area (Å²) in [6.07, 6.45) is 7.93. The van der Waals surface area contributed by atoms with E-state index in [-0.39, 0.29) is 11.3 Å². The molecule has 0 saturated carbocycles. The Morgan fingerprint density at radius 2 is 1.82 bits per heavy atom. The van der Waals surface area contributed by atoms with Crippen LogP contribution in [0.5, 0.6) is 5.75 Å². The van der Waals surface area contributed by atoms with Crippen LogP contribution in [0.15, 0.2) is 66.1 Å². The van der Waals surface area contributed by atoms with Gasteiger partial charge in [-0.05, 0) is 32.4 Å². The van der Waals surface area contributed by atoms with E-state index in [1.54, 1.807) is 54.9 Å². The smallest absolute Gasteiger partial charge is 0.203 e. The fourth-order valence-electron chi connectivity index (χ4n) is 3.37. The summed E-state index contributed by atoms with van der Waals surface area (Å²) in [6.45, 7) is 7.12. The Labute approximate surface area is 197 Å². The van der Waals surface area contributed by atoms with Crippen LogP contribution >= 0.6 is 0 Å². The molecule has 2 atom stereocenters. The Hall–Kier alpha value is -3.85. The quantitative estimate of drug-likeness (QED) is 0.451. The highest BCUT2D eigenvalue weighted by Gasteiger charge is 2.24. The van der Waals surface area contributed by atoms with Gasteiger partial charge in [0.05, 0.1) is 30.4 Å². The Bertz CT molecular complexity index is 1340. The highest BCUT2D eigenvalue weighted by Crippen LogP contribution is 2.26. The Morgan fingerprint density at radius 1 is 1.09 bits per heavy atom. The van der Waals surface area contributed by atoms with Crippen LogP contribution in [0.1, 0.15) is 44.9 Å². The number of aliphatic hydroxyl groups is 1. The zero-order valence-electron chi connectivity index (χ0n) is 19.9. The summed E-state index contributed by atoms with van der Waals surface area (Å²) < 4.78 is 9.06. The third-order valence-corrected chi connectivity index (χ3v) is 5.78. The molecule has 0 saturated heterocycles. The van der Waals surface area contributed by atoms with Crippen LogP contribution in [0.2, 0.25) is 0 Å². The first-order valence-corrected chi connectivity index (χ1v) is 11.0. The lowest BCUT2D eigenvalue weighted by Crippen LogP contribution is -2.37. The lowest BCUT2D eigenvalue weighted by molar-refractivity contribution is -0.0244. The number of nitrogens with zero attached hydrogens (tertiary/aromatic N) is 6. The Kier molecular flexibility index (Phi) is 6.30. The van der Waals surface area contributed by atoms with E-state index in [0.717, 1.165) is 16.8 Å². The summed E-state index contributed by atoms with van der Waals surface area (Å²) in [4.78, 5) is 21.5. The van der Waals surface area contributed by atoms with Gasteiger partial charge in [-0.2, -0.15) is 10.2 Å². The third kappa shape index (κ3) is 5.04. The van der Waals surface area contributed by atoms with Gasteiger partial charge in [0.2, 0.25) is 5.43 Å². The molecule has 0 aliphatic carbocycles. The molecule has 34 heavy (non-hydrogen) atoms. The molecule has 0 aliphatic rings. The van der Waals surface area contributed by atoms with Crippen LogP contribution in [0.3, 0.4) is 0 Å². The van der Waals surface area contributed by atoms with Gasteiger partial charge >= 0.3 is 0 Å². The van der Waals surface area contributed by atoms with Crippen LogP contribution in [-0.2, 0) is 7.05 Å². The molecule has 0 spiro atoms. The lowest BCUT2D eigenvalue weighted by Gasteiger charge is -2.26. The van der Waals surface area contributed by atoms with Crippen molar-refractivity contribution in [3.05, 3.63) is 82.8 Å². The van der Waals surface area contributed by atoms with Crippen LogP contribution < -0.4 is 10.2 Å². The van der Waals surface area contributed by atoms with Gasteiger partial charge < -0.3 is 9.84 Å². The molecular weight excluding hydrogens is 432 g/mol. The molecule has 0 aliphatic heterocycles. The van der Waals surface area contributed by atoms with Crippen molar-refractivity contribution in [2.75, 3.05) is 0 Å². The molecular formula is C25H28N6O3. The van der Waals surface area contributed by atoms with Gasteiger partial charge in [-0.1, -0.05) is 25.1 Å². The Balaban J connectivity index is 1.59. The second-order valence-electron chi connectivity index (χ2n) is 8.89. The van der Waals surface area contributed by atoms with Gasteiger partial charge in [-0.15, -0.1) is 0 Å². The van der Waals surface area contributed by atoms with E-state index in [9.17, 15) is 9.90 Å². The minimum atomic E-state index is -0.982. The normalized spacial score (nSPS) is 13.5. The van der Waals surface area contributed by atoms with Crippen molar-refractivity contribution in [1.82, 2.24) is 29.5 Å². The number of ether oxygens (including phenoxy) is 1. The molecule has 3 aromatic heterocycles. The van der Waals surface area contributed by atoms with E-state index >= 15 is 0 Å². The van der Waals surface area contributed by atoms with Gasteiger partial charge in [0.1, 0.15) is 17.5 Å². The molecule has 4 aromatic rings. The number of rotatable bonds is 7. The molecule has 3 heterocycles. The molecule has 0 amide bonds. The van der Waals surface area contributed by atoms with Crippen molar-refractivity contribution < 1.29 is 9.84 Å². The van der Waals surface area contributed by atoms with Crippen molar-refractivity contribution in [3.63, 3.8) is 0 Å². The molecule has 1 N–H and O–H groups in total. The molecule has 4 rings (SSSR count). The zero-order chi connectivity index (χ0) is 24.5. The molecule has 0 unspecified atom stereocenters. The summed E-state index contributed by atoms with van der Waals surface area (Å²) >= 11 is 0. The maximum absolute atomic E-state index is 12.6. The molecule has 1 aromatic carbocycles. The molecule has 9 nitrogen and oxygen atoms in total. The summed E-state index contributed by atoms with van der Waals surface area (Å²) in [5.74, 6) is 0.769. The van der Waals surface area contributed by atoms with Gasteiger partial charge in [-0.3, -0.25) is 9.48 Å². The summed E-state index contributed by atoms with van der Waals surface area (Å²) in [5, 5.41) is 18.8. The second kappa shape index (κ2) is 9.18. The molecule has 176 valence electrons. The SMILES string of the molecule is C[C@H](c1cccc(-c2ncc(O[C@@H](C)C(C)(C)O)cn2)c1)c1nn(-c2cnn(C)c2)ccc1=O. The molecule has 0 radical (unpaired) electrons. The van der Waals surface area contributed by atoms with E-state index < -0.39 is 11.7 Å². The average Bonchev–Trinajstić information content (AvgIpc) is 3.25. The fraction of sp³-hybridized carbons (Fsp3) is 0.320. The number of benzene rings is 1. The second-order valence-corrected chi connectivity index (χ2v) is 8.89. The first-order chi connectivity index (χ1) is 16.1. The van der Waals surface area contributed by atoms with E-state index in [1.165, 1.54) is 6.07 Å². The predicted octanol–water partition coefficient (Wildman–Crippen LogP) is 3.11. The average molecular weight is 461 g/mol. The van der Waals surface area contributed by atoms with E-state index in [2.05, 4.69) is 20.2 Å². The number of hydrogen-bond acceptors (Lipinski definition) is 7. The number of aromatic nitrogens is 6. The van der Waals surface area contributed by atoms with E-state index in [1.807, 2.05) is 44.4 Å². The first-order valence-electron chi connectivity index (χ1n) is 11.0. The standard InChI is InChI=1S/C25H28N6O3/c1-16(23-22(32)9-10-31(29-23)20-12-28-30(5)15-20)18-7-6-8-19(11-18)24-26-13-21(14-27-24)34-17(2)25(3,4)33/h6-17,33H,1-5H3/t16-,17+/m1/s1. The number of hydrogen-bond donors (Lipinski definition) is 1. The highest BCUT2D eigenvalue weighted by atomic mass is 16.5. The zero-order valence-corrected chi connectivity index (χ0v) is 19.9. The topological polar surface area (TPSA) is 108 Å². The molecule has 0 bridgehead atoms. The predicted molar refractivity (Wildman–Crippen MR) is 128 cm³/mol. The van der Waals surface area contributed by atoms with Crippen LogP contribution in [-0.4, -0.2) is 46.3 Å². The summed E-state index contributed by atoms with van der Waals surface area (Å²) in [6, 6.07) is 9.26. The van der Waals surface area contributed by atoms with Gasteiger partial charge in [0, 0.05) is 30.8 Å². The molecule has 9 heteroatoms. The highest BCUT2D eigenvalue weighted by molar-refractivity contribution is 5.57. The first kappa shape index (κ1) is 23.3. The molecule has 0 fully saturated rings. The van der Waals surface area contributed by atoms with E-state index in [4.69, 9.17) is 4.74 Å². The third-order valence-electron chi connectivity index (χ3n) is 5.78. The largest absolute Gasteiger partial charge is 0.484 e. The van der Waals surface area contributed by atoms with Gasteiger partial charge in [0.15, 0.2) is 11.6 Å². The number of aryl methyl sites for hydroxylation is 1. The van der Waals surface area contributed by atoms with E-state index in [0.29, 0.717) is 17.3 Å². The summed E-state index contributed by atoms with van der Waals surface area (Å²) in [5.41, 5.74) is 1.84. The Morgan fingerprint density at radius 3 is 2.47 bits per heavy atom. The van der Waals surface area contributed by atoms with Crippen LogP contribution in [0.4, 0.5) is 0 Å².